The van der Waals surface area contributed by atoms with E-state index in [2.05, 4.69) is 0 Å². The van der Waals surface area contributed by atoms with Crippen molar-refractivity contribution in [3.8, 4) is 5.75 Å². The molecule has 22 heavy (non-hydrogen) atoms. The minimum Gasteiger partial charge on any atom is -0.462 e. The summed E-state index contributed by atoms with van der Waals surface area (Å²) in [5.41, 5.74) is 6.11. The van der Waals surface area contributed by atoms with Gasteiger partial charge in [-0.05, 0) is 30.7 Å². The highest BCUT2D eigenvalue weighted by Crippen LogP contribution is 2.37. The molecule has 0 spiro atoms. The van der Waals surface area contributed by atoms with E-state index in [1.165, 1.54) is 0 Å². The van der Waals surface area contributed by atoms with Crippen LogP contribution in [0.3, 0.4) is 0 Å². The lowest BCUT2D eigenvalue weighted by Crippen LogP contribution is -2.51. The Bertz CT molecular complexity index is 532. The van der Waals surface area contributed by atoms with Crippen LogP contribution in [-0.2, 0) is 9.30 Å². The Morgan fingerprint density at radius 3 is 2.50 bits per heavy atom. The van der Waals surface area contributed by atoms with Crippen LogP contribution in [0.2, 0.25) is 0 Å². The normalized spacial score (nSPS) is 29.3. The molecule has 2 rings (SSSR count). The van der Waals surface area contributed by atoms with Gasteiger partial charge in [0.2, 0.25) is 6.29 Å². The van der Waals surface area contributed by atoms with E-state index in [-0.39, 0.29) is 19.0 Å². The maximum atomic E-state index is 10.9. The van der Waals surface area contributed by atoms with Gasteiger partial charge in [-0.1, -0.05) is 0 Å². The molecule has 0 saturated carbocycles. The van der Waals surface area contributed by atoms with Gasteiger partial charge < -0.3 is 35.2 Å². The third kappa shape index (κ3) is 4.95. The van der Waals surface area contributed by atoms with Crippen molar-refractivity contribution in [3.63, 3.8) is 0 Å². The number of anilines is 1. The Balaban J connectivity index is 1.99. The second-order valence-electron chi connectivity index (χ2n) is 5.28. The van der Waals surface area contributed by atoms with E-state index in [0.717, 1.165) is 0 Å². The zero-order valence-corrected chi connectivity index (χ0v) is 12.7. The standard InChI is InChI=1S/C13H20NO7P/c14-8-1-3-9(4-2-8)20-13-12(16)11(15)7-10(21-13)5-6-22(17,18)19/h1-4,10-13,15-16H,5-7,14H2,(H2,17,18,19). The Labute approximate surface area is 127 Å². The minimum absolute atomic E-state index is 0.0651. The first kappa shape index (κ1) is 17.2. The van der Waals surface area contributed by atoms with Crippen LogP contribution >= 0.6 is 7.60 Å². The summed E-state index contributed by atoms with van der Waals surface area (Å²) in [7, 11) is -4.14. The van der Waals surface area contributed by atoms with Gasteiger partial charge in [0.15, 0.2) is 0 Å². The Kier molecular flexibility index (Phi) is 5.44. The number of hydrogen-bond donors (Lipinski definition) is 5. The predicted octanol–water partition coefficient (Wildman–Crippen LogP) is 0.0522. The molecule has 1 heterocycles. The molecule has 1 aromatic carbocycles. The fourth-order valence-electron chi connectivity index (χ4n) is 2.19. The summed E-state index contributed by atoms with van der Waals surface area (Å²) < 4.78 is 21.9. The van der Waals surface area contributed by atoms with E-state index in [0.29, 0.717) is 11.4 Å². The van der Waals surface area contributed by atoms with Crippen LogP contribution in [0, 0.1) is 0 Å². The molecule has 4 atom stereocenters. The van der Waals surface area contributed by atoms with E-state index in [1.807, 2.05) is 0 Å². The molecule has 4 unspecified atom stereocenters. The quantitative estimate of drug-likeness (QED) is 0.376. The number of ether oxygens (including phenoxy) is 2. The Hall–Kier alpha value is -1.15. The van der Waals surface area contributed by atoms with Crippen molar-refractivity contribution in [2.24, 2.45) is 0 Å². The molecule has 0 aliphatic carbocycles. The first-order valence-corrected chi connectivity index (χ1v) is 8.63. The molecule has 6 N–H and O–H groups in total. The lowest BCUT2D eigenvalue weighted by Gasteiger charge is -2.37. The maximum Gasteiger partial charge on any atom is 0.325 e. The third-order valence-electron chi connectivity index (χ3n) is 3.38. The number of nitrogens with two attached hydrogens (primary N) is 1. The SMILES string of the molecule is Nc1ccc(OC2OC(CCP(=O)(O)O)CC(O)C2O)cc1. The lowest BCUT2D eigenvalue weighted by molar-refractivity contribution is -0.235. The molecular formula is C13H20NO7P. The largest absolute Gasteiger partial charge is 0.462 e. The topological polar surface area (TPSA) is 142 Å². The molecule has 0 bridgehead atoms. The van der Waals surface area contributed by atoms with Gasteiger partial charge in [0, 0.05) is 12.1 Å². The van der Waals surface area contributed by atoms with Gasteiger partial charge in [-0.2, -0.15) is 0 Å². The predicted molar refractivity (Wildman–Crippen MR) is 78.3 cm³/mol. The molecule has 124 valence electrons. The van der Waals surface area contributed by atoms with E-state index < -0.39 is 32.2 Å². The Morgan fingerprint density at radius 1 is 1.27 bits per heavy atom. The molecule has 1 aliphatic heterocycles. The van der Waals surface area contributed by atoms with Crippen molar-refractivity contribution in [1.82, 2.24) is 0 Å². The second-order valence-corrected chi connectivity index (χ2v) is 7.06. The number of hydrogen-bond acceptors (Lipinski definition) is 6. The smallest absolute Gasteiger partial charge is 0.325 e. The maximum absolute atomic E-state index is 10.9. The number of rotatable bonds is 5. The first-order chi connectivity index (χ1) is 10.2. The van der Waals surface area contributed by atoms with Crippen LogP contribution in [0.25, 0.3) is 0 Å². The van der Waals surface area contributed by atoms with Gasteiger partial charge in [-0.3, -0.25) is 4.57 Å². The molecule has 9 heteroatoms. The number of benzene rings is 1. The van der Waals surface area contributed by atoms with Crippen LogP contribution in [0.1, 0.15) is 12.8 Å². The van der Waals surface area contributed by atoms with Crippen molar-refractivity contribution < 1.29 is 34.0 Å². The van der Waals surface area contributed by atoms with Gasteiger partial charge in [-0.25, -0.2) is 0 Å². The van der Waals surface area contributed by atoms with Crippen molar-refractivity contribution in [3.05, 3.63) is 24.3 Å². The van der Waals surface area contributed by atoms with Gasteiger partial charge in [0.25, 0.3) is 0 Å². The van der Waals surface area contributed by atoms with Crippen molar-refractivity contribution in [2.45, 2.75) is 37.4 Å². The molecule has 1 saturated heterocycles. The van der Waals surface area contributed by atoms with Crippen molar-refractivity contribution in [2.75, 3.05) is 11.9 Å². The summed E-state index contributed by atoms with van der Waals surface area (Å²) in [6.07, 6.45) is -4.26. The van der Waals surface area contributed by atoms with Crippen molar-refractivity contribution >= 4 is 13.3 Å². The second kappa shape index (κ2) is 6.95. The number of aliphatic hydroxyl groups excluding tert-OH is 2. The van der Waals surface area contributed by atoms with E-state index in [9.17, 15) is 14.8 Å². The molecule has 0 radical (unpaired) electrons. The van der Waals surface area contributed by atoms with Gasteiger partial charge in [0.05, 0.1) is 18.4 Å². The van der Waals surface area contributed by atoms with E-state index in [4.69, 9.17) is 25.0 Å². The molecular weight excluding hydrogens is 313 g/mol. The van der Waals surface area contributed by atoms with Crippen LogP contribution in [0.5, 0.6) is 5.75 Å². The average Bonchev–Trinajstić information content (AvgIpc) is 2.43. The molecule has 1 aromatic rings. The van der Waals surface area contributed by atoms with Crippen LogP contribution < -0.4 is 10.5 Å². The van der Waals surface area contributed by atoms with Crippen LogP contribution in [0.15, 0.2) is 24.3 Å². The van der Waals surface area contributed by atoms with E-state index >= 15 is 0 Å². The monoisotopic (exact) mass is 333 g/mol. The van der Waals surface area contributed by atoms with Gasteiger partial charge >= 0.3 is 7.60 Å². The number of nitrogen functional groups attached to an aromatic ring is 1. The van der Waals surface area contributed by atoms with Crippen LogP contribution in [0.4, 0.5) is 5.69 Å². The summed E-state index contributed by atoms with van der Waals surface area (Å²) >= 11 is 0. The molecule has 0 amide bonds. The minimum atomic E-state index is -4.14. The highest BCUT2D eigenvalue weighted by molar-refractivity contribution is 7.51. The zero-order valence-electron chi connectivity index (χ0n) is 11.8. The third-order valence-corrected chi connectivity index (χ3v) is 4.22. The molecule has 0 aromatic heterocycles. The fraction of sp³-hybridized carbons (Fsp3) is 0.538. The van der Waals surface area contributed by atoms with Crippen molar-refractivity contribution in [1.29, 1.82) is 0 Å². The first-order valence-electron chi connectivity index (χ1n) is 6.83. The lowest BCUT2D eigenvalue weighted by atomic mass is 10.0. The highest BCUT2D eigenvalue weighted by atomic mass is 31.2. The molecule has 8 nitrogen and oxygen atoms in total. The summed E-state index contributed by atoms with van der Waals surface area (Å²) in [4.78, 5) is 17.8. The molecule has 1 fully saturated rings. The molecule has 1 aliphatic rings. The average molecular weight is 333 g/mol. The summed E-state index contributed by atoms with van der Waals surface area (Å²) in [5, 5.41) is 19.8. The zero-order chi connectivity index (χ0) is 16.3. The van der Waals surface area contributed by atoms with Gasteiger partial charge in [-0.15, -0.1) is 0 Å². The Morgan fingerprint density at radius 2 is 1.91 bits per heavy atom. The van der Waals surface area contributed by atoms with Gasteiger partial charge in [0.1, 0.15) is 11.9 Å². The summed E-state index contributed by atoms with van der Waals surface area (Å²) in [6, 6.07) is 6.42. The highest BCUT2D eigenvalue weighted by Gasteiger charge is 2.38. The summed E-state index contributed by atoms with van der Waals surface area (Å²) in [6.45, 7) is 0. The fourth-order valence-corrected chi connectivity index (χ4v) is 2.82. The van der Waals surface area contributed by atoms with Crippen LogP contribution in [-0.4, -0.2) is 50.8 Å². The van der Waals surface area contributed by atoms with E-state index in [1.54, 1.807) is 24.3 Å². The number of aliphatic hydroxyl groups is 2. The summed E-state index contributed by atoms with van der Waals surface area (Å²) in [5.74, 6) is 0.404.